The molecule has 2 aromatic carbocycles. The molecule has 1 aromatic heterocycles. The van der Waals surface area contributed by atoms with Crippen LogP contribution in [-0.2, 0) is 6.18 Å². The Bertz CT molecular complexity index is 1110. The minimum Gasteiger partial charge on any atom is -0.420 e. The van der Waals surface area contributed by atoms with Crippen LogP contribution in [-0.4, -0.2) is 10.2 Å². The van der Waals surface area contributed by atoms with Crippen molar-refractivity contribution in [3.05, 3.63) is 82.7 Å². The summed E-state index contributed by atoms with van der Waals surface area (Å²) < 4.78 is 46.4. The molecule has 1 aliphatic heterocycles. The highest BCUT2D eigenvalue weighted by atomic mass is 19.4. The molecule has 0 saturated heterocycles. The fourth-order valence-electron chi connectivity index (χ4n) is 3.39. The first-order chi connectivity index (χ1) is 13.4. The third kappa shape index (κ3) is 2.77. The number of H-pyrrole nitrogens is 1. The van der Waals surface area contributed by atoms with Crippen molar-refractivity contribution in [2.24, 2.45) is 5.73 Å². The number of halogens is 3. The quantitative estimate of drug-likeness (QED) is 0.691. The van der Waals surface area contributed by atoms with Crippen LogP contribution in [0.1, 0.15) is 22.6 Å². The first kappa shape index (κ1) is 17.7. The Morgan fingerprint density at radius 3 is 2.43 bits per heavy atom. The highest BCUT2D eigenvalue weighted by molar-refractivity contribution is 5.71. The van der Waals surface area contributed by atoms with E-state index in [0.29, 0.717) is 16.8 Å². The normalized spacial score (nSPS) is 16.3. The smallest absolute Gasteiger partial charge is 0.416 e. The highest BCUT2D eigenvalue weighted by Gasteiger charge is 2.41. The van der Waals surface area contributed by atoms with E-state index in [4.69, 9.17) is 10.5 Å². The average molecular weight is 382 g/mol. The van der Waals surface area contributed by atoms with Gasteiger partial charge in [-0.25, -0.2) is 0 Å². The van der Waals surface area contributed by atoms with E-state index in [1.165, 1.54) is 18.2 Å². The Hall–Kier alpha value is -3.73. The monoisotopic (exact) mass is 382 g/mol. The van der Waals surface area contributed by atoms with Crippen LogP contribution in [0, 0.1) is 11.3 Å². The first-order valence-corrected chi connectivity index (χ1v) is 8.29. The SMILES string of the molecule is N#CC1=C(N)Oc2n[nH]c(-c3ccccc3)c2[C@@H]1c1ccccc1C(F)(F)F. The molecule has 0 amide bonds. The molecule has 5 nitrogen and oxygen atoms in total. The van der Waals surface area contributed by atoms with Gasteiger partial charge < -0.3 is 10.5 Å². The molecule has 0 radical (unpaired) electrons. The Labute approximate surface area is 157 Å². The summed E-state index contributed by atoms with van der Waals surface area (Å²) in [6.07, 6.45) is -4.60. The van der Waals surface area contributed by atoms with Crippen LogP contribution in [0.3, 0.4) is 0 Å². The van der Waals surface area contributed by atoms with Gasteiger partial charge in [0.2, 0.25) is 11.8 Å². The highest BCUT2D eigenvalue weighted by Crippen LogP contribution is 2.48. The van der Waals surface area contributed by atoms with E-state index in [1.54, 1.807) is 24.3 Å². The molecule has 0 aliphatic carbocycles. The van der Waals surface area contributed by atoms with Crippen molar-refractivity contribution in [1.29, 1.82) is 5.26 Å². The van der Waals surface area contributed by atoms with E-state index in [2.05, 4.69) is 10.2 Å². The summed E-state index contributed by atoms with van der Waals surface area (Å²) in [4.78, 5) is 0. The molecular formula is C20H13F3N4O. The zero-order valence-electron chi connectivity index (χ0n) is 14.3. The van der Waals surface area contributed by atoms with Crippen LogP contribution >= 0.6 is 0 Å². The van der Waals surface area contributed by atoms with Gasteiger partial charge >= 0.3 is 6.18 Å². The minimum absolute atomic E-state index is 0.0531. The lowest BCUT2D eigenvalue weighted by molar-refractivity contribution is -0.138. The number of nitriles is 1. The number of nitrogens with one attached hydrogen (secondary N) is 1. The van der Waals surface area contributed by atoms with Gasteiger partial charge in [-0.3, -0.25) is 5.10 Å². The summed E-state index contributed by atoms with van der Waals surface area (Å²) >= 11 is 0. The van der Waals surface area contributed by atoms with Crippen LogP contribution in [0.25, 0.3) is 11.3 Å². The van der Waals surface area contributed by atoms with Crippen LogP contribution in [0.5, 0.6) is 5.88 Å². The maximum absolute atomic E-state index is 13.7. The van der Waals surface area contributed by atoms with E-state index >= 15 is 0 Å². The topological polar surface area (TPSA) is 87.7 Å². The fourth-order valence-corrected chi connectivity index (χ4v) is 3.39. The third-order valence-electron chi connectivity index (χ3n) is 4.58. The predicted molar refractivity (Wildman–Crippen MR) is 94.8 cm³/mol. The van der Waals surface area contributed by atoms with Crippen LogP contribution in [0.15, 0.2) is 66.1 Å². The number of aromatic nitrogens is 2. The maximum atomic E-state index is 13.7. The van der Waals surface area contributed by atoms with Gasteiger partial charge in [-0.15, -0.1) is 5.10 Å². The van der Waals surface area contributed by atoms with Crippen molar-refractivity contribution in [2.45, 2.75) is 12.1 Å². The molecule has 1 aliphatic rings. The predicted octanol–water partition coefficient (Wildman–Crippen LogP) is 4.31. The van der Waals surface area contributed by atoms with E-state index < -0.39 is 17.7 Å². The summed E-state index contributed by atoms with van der Waals surface area (Å²) in [5.74, 6) is -1.28. The molecule has 0 fully saturated rings. The van der Waals surface area contributed by atoms with Crippen molar-refractivity contribution in [3.63, 3.8) is 0 Å². The molecule has 4 rings (SSSR count). The molecular weight excluding hydrogens is 369 g/mol. The number of benzene rings is 2. The molecule has 0 unspecified atom stereocenters. The van der Waals surface area contributed by atoms with Crippen LogP contribution < -0.4 is 10.5 Å². The lowest BCUT2D eigenvalue weighted by Gasteiger charge is -2.26. The lowest BCUT2D eigenvalue weighted by atomic mass is 9.81. The number of nitrogens with two attached hydrogens (primary N) is 1. The molecule has 8 heteroatoms. The van der Waals surface area contributed by atoms with E-state index in [-0.39, 0.29) is 22.9 Å². The summed E-state index contributed by atoms with van der Waals surface area (Å²) in [6.45, 7) is 0. The van der Waals surface area contributed by atoms with Crippen LogP contribution in [0.2, 0.25) is 0 Å². The minimum atomic E-state index is -4.60. The maximum Gasteiger partial charge on any atom is 0.416 e. The molecule has 0 spiro atoms. The Morgan fingerprint density at radius 1 is 1.07 bits per heavy atom. The summed E-state index contributed by atoms with van der Waals surface area (Å²) in [6, 6.07) is 16.0. The van der Waals surface area contributed by atoms with Gasteiger partial charge in [0.25, 0.3) is 0 Å². The van der Waals surface area contributed by atoms with Gasteiger partial charge in [-0.1, -0.05) is 48.5 Å². The van der Waals surface area contributed by atoms with Crippen molar-refractivity contribution in [1.82, 2.24) is 10.2 Å². The fraction of sp³-hybridized carbons (Fsp3) is 0.100. The number of hydrogen-bond acceptors (Lipinski definition) is 4. The van der Waals surface area contributed by atoms with Crippen LogP contribution in [0.4, 0.5) is 13.2 Å². The number of allylic oxidation sites excluding steroid dienone is 1. The number of rotatable bonds is 2. The van der Waals surface area contributed by atoms with Gasteiger partial charge in [0, 0.05) is 0 Å². The average Bonchev–Trinajstić information content (AvgIpc) is 3.10. The zero-order valence-corrected chi connectivity index (χ0v) is 14.3. The van der Waals surface area contributed by atoms with E-state index in [1.807, 2.05) is 12.1 Å². The molecule has 3 N–H and O–H groups in total. The second kappa shape index (κ2) is 6.46. The van der Waals surface area contributed by atoms with Gasteiger partial charge in [-0.2, -0.15) is 18.4 Å². The number of fused-ring (bicyclic) bond motifs is 1. The summed E-state index contributed by atoms with van der Waals surface area (Å²) in [7, 11) is 0. The largest absolute Gasteiger partial charge is 0.420 e. The first-order valence-electron chi connectivity index (χ1n) is 8.29. The van der Waals surface area contributed by atoms with E-state index in [0.717, 1.165) is 6.07 Å². The molecule has 28 heavy (non-hydrogen) atoms. The van der Waals surface area contributed by atoms with Gasteiger partial charge in [0.1, 0.15) is 11.6 Å². The number of hydrogen-bond donors (Lipinski definition) is 2. The van der Waals surface area contributed by atoms with Gasteiger partial charge in [0.15, 0.2) is 0 Å². The molecule has 3 aromatic rings. The molecule has 0 saturated carbocycles. The zero-order chi connectivity index (χ0) is 19.9. The number of aromatic amines is 1. The standard InChI is InChI=1S/C20H13F3N4O/c21-20(22,23)14-9-5-4-8-12(14)15-13(10-24)18(25)28-19-16(15)17(26-27-19)11-6-2-1-3-7-11/h1-9,15H,25H2,(H,26,27)/t15-/m1/s1. The van der Waals surface area contributed by atoms with Gasteiger partial charge in [0.05, 0.1) is 22.7 Å². The van der Waals surface area contributed by atoms with Gasteiger partial charge in [-0.05, 0) is 17.2 Å². The van der Waals surface area contributed by atoms with Crippen molar-refractivity contribution >= 4 is 0 Å². The van der Waals surface area contributed by atoms with Crippen molar-refractivity contribution in [3.8, 4) is 23.2 Å². The molecule has 2 heterocycles. The van der Waals surface area contributed by atoms with Crippen molar-refractivity contribution in [2.75, 3.05) is 0 Å². The third-order valence-corrected chi connectivity index (χ3v) is 4.58. The van der Waals surface area contributed by atoms with E-state index in [9.17, 15) is 18.4 Å². The Kier molecular flexibility index (Phi) is 4.08. The summed E-state index contributed by atoms with van der Waals surface area (Å²) in [5, 5.41) is 16.5. The number of alkyl halides is 3. The number of ether oxygens (including phenoxy) is 1. The Balaban J connectivity index is 2.01. The number of nitrogens with zero attached hydrogens (tertiary/aromatic N) is 2. The second-order valence-electron chi connectivity index (χ2n) is 6.19. The van der Waals surface area contributed by atoms with Crippen molar-refractivity contribution < 1.29 is 17.9 Å². The summed E-state index contributed by atoms with van der Waals surface area (Å²) in [5.41, 5.74) is 6.33. The molecule has 1 atom stereocenters. The molecule has 0 bridgehead atoms. The molecule has 140 valence electrons. The second-order valence-corrected chi connectivity index (χ2v) is 6.19. The lowest BCUT2D eigenvalue weighted by Crippen LogP contribution is -2.23. The Morgan fingerprint density at radius 2 is 1.75 bits per heavy atom.